The van der Waals surface area contributed by atoms with E-state index in [1.54, 1.807) is 18.9 Å². The first kappa shape index (κ1) is 15.2. The van der Waals surface area contributed by atoms with Crippen molar-refractivity contribution in [3.8, 4) is 0 Å². The number of thioether (sulfide) groups is 1. The van der Waals surface area contributed by atoms with Crippen molar-refractivity contribution in [2.45, 2.75) is 25.6 Å². The molecule has 1 rings (SSSR count). The second-order valence-corrected chi connectivity index (χ2v) is 5.01. The Bertz CT molecular complexity index is 395. The third-order valence-electron chi connectivity index (χ3n) is 2.22. The van der Waals surface area contributed by atoms with Gasteiger partial charge < -0.3 is 15.0 Å². The molecule has 18 heavy (non-hydrogen) atoms. The first-order chi connectivity index (χ1) is 8.76. The Morgan fingerprint density at radius 2 is 2.39 bits per heavy atom. The van der Waals surface area contributed by atoms with Crippen molar-refractivity contribution in [1.82, 2.24) is 15.3 Å². The van der Waals surface area contributed by atoms with Gasteiger partial charge in [0.15, 0.2) is 0 Å². The van der Waals surface area contributed by atoms with Gasteiger partial charge in [0.25, 0.3) is 5.56 Å². The quantitative estimate of drug-likeness (QED) is 0.660. The smallest absolute Gasteiger partial charge is 0.251 e. The summed E-state index contributed by atoms with van der Waals surface area (Å²) in [6.07, 6.45) is 1.13. The summed E-state index contributed by atoms with van der Waals surface area (Å²) in [5, 5.41) is 3.18. The largest absolute Gasteiger partial charge is 0.383 e. The molecule has 102 valence electrons. The maximum Gasteiger partial charge on any atom is 0.251 e. The van der Waals surface area contributed by atoms with Gasteiger partial charge >= 0.3 is 0 Å². The van der Waals surface area contributed by atoms with E-state index >= 15 is 0 Å². The average Bonchev–Trinajstić information content (AvgIpc) is 2.34. The average molecular weight is 271 g/mol. The van der Waals surface area contributed by atoms with E-state index in [1.807, 2.05) is 0 Å². The summed E-state index contributed by atoms with van der Waals surface area (Å²) in [6, 6.07) is 1.54. The molecule has 1 heterocycles. The molecule has 0 aromatic carbocycles. The molecule has 0 unspecified atom stereocenters. The maximum absolute atomic E-state index is 11.5. The van der Waals surface area contributed by atoms with Crippen LogP contribution in [-0.2, 0) is 17.0 Å². The highest BCUT2D eigenvalue weighted by molar-refractivity contribution is 7.98. The van der Waals surface area contributed by atoms with Crippen molar-refractivity contribution in [3.63, 3.8) is 0 Å². The molecule has 0 spiro atoms. The number of methoxy groups -OCH3 is 1. The summed E-state index contributed by atoms with van der Waals surface area (Å²) in [4.78, 5) is 18.7. The predicted octanol–water partition coefficient (Wildman–Crippen LogP) is 1.15. The number of H-pyrrole nitrogens is 1. The summed E-state index contributed by atoms with van der Waals surface area (Å²) >= 11 is 1.78. The normalized spacial score (nSPS) is 10.8. The molecule has 0 saturated heterocycles. The minimum absolute atomic E-state index is 0.0827. The van der Waals surface area contributed by atoms with Gasteiger partial charge in [-0.1, -0.05) is 6.92 Å². The first-order valence-electron chi connectivity index (χ1n) is 6.12. The van der Waals surface area contributed by atoms with Crippen LogP contribution in [0.1, 0.15) is 24.9 Å². The molecule has 5 nitrogen and oxygen atoms in total. The van der Waals surface area contributed by atoms with Crippen molar-refractivity contribution >= 4 is 11.8 Å². The lowest BCUT2D eigenvalue weighted by Gasteiger charge is -2.05. The zero-order chi connectivity index (χ0) is 13.2. The third kappa shape index (κ3) is 6.18. The van der Waals surface area contributed by atoms with Crippen LogP contribution in [0.15, 0.2) is 10.9 Å². The lowest BCUT2D eigenvalue weighted by molar-refractivity contribution is 0.199. The van der Waals surface area contributed by atoms with Gasteiger partial charge in [-0.25, -0.2) is 4.98 Å². The molecule has 6 heteroatoms. The van der Waals surface area contributed by atoms with Crippen molar-refractivity contribution < 1.29 is 4.74 Å². The van der Waals surface area contributed by atoms with Gasteiger partial charge in [-0.3, -0.25) is 4.79 Å². The topological polar surface area (TPSA) is 67.0 Å². The Labute approximate surface area is 112 Å². The summed E-state index contributed by atoms with van der Waals surface area (Å²) in [6.45, 7) is 4.14. The molecule has 0 fully saturated rings. The molecule has 0 amide bonds. The van der Waals surface area contributed by atoms with Crippen LogP contribution in [0.4, 0.5) is 0 Å². The Balaban J connectivity index is 2.49. The van der Waals surface area contributed by atoms with Crippen LogP contribution in [0.25, 0.3) is 0 Å². The van der Waals surface area contributed by atoms with Crippen LogP contribution in [0.3, 0.4) is 0 Å². The van der Waals surface area contributed by atoms with Gasteiger partial charge in [0.1, 0.15) is 5.82 Å². The van der Waals surface area contributed by atoms with Gasteiger partial charge in [0.2, 0.25) is 0 Å². The molecular formula is C12H21N3O2S. The Kier molecular flexibility index (Phi) is 7.71. The minimum Gasteiger partial charge on any atom is -0.383 e. The summed E-state index contributed by atoms with van der Waals surface area (Å²) < 4.78 is 4.94. The summed E-state index contributed by atoms with van der Waals surface area (Å²) in [5.41, 5.74) is 0.697. The van der Waals surface area contributed by atoms with Gasteiger partial charge in [0.05, 0.1) is 18.1 Å². The fourth-order valence-electron chi connectivity index (χ4n) is 1.43. The molecular weight excluding hydrogens is 250 g/mol. The monoisotopic (exact) mass is 271 g/mol. The van der Waals surface area contributed by atoms with Gasteiger partial charge in [-0.15, -0.1) is 0 Å². The van der Waals surface area contributed by atoms with E-state index < -0.39 is 0 Å². The standard InChI is InChI=1S/C12H21N3O2S/c1-3-6-18-9-11-14-10(7-12(16)15-11)8-13-4-5-17-2/h7,13H,3-6,8-9H2,1-2H3,(H,14,15,16). The summed E-state index contributed by atoms with van der Waals surface area (Å²) in [5.74, 6) is 2.60. The van der Waals surface area contributed by atoms with Gasteiger partial charge in [-0.2, -0.15) is 11.8 Å². The lowest BCUT2D eigenvalue weighted by Crippen LogP contribution is -2.21. The van der Waals surface area contributed by atoms with Gasteiger partial charge in [-0.05, 0) is 12.2 Å². The highest BCUT2D eigenvalue weighted by Crippen LogP contribution is 2.08. The van der Waals surface area contributed by atoms with E-state index in [2.05, 4.69) is 22.2 Å². The molecule has 2 N–H and O–H groups in total. The number of aromatic nitrogens is 2. The van der Waals surface area contributed by atoms with Crippen molar-refractivity contribution in [2.75, 3.05) is 26.0 Å². The first-order valence-corrected chi connectivity index (χ1v) is 7.28. The summed E-state index contributed by atoms with van der Waals surface area (Å²) in [7, 11) is 1.66. The predicted molar refractivity (Wildman–Crippen MR) is 74.9 cm³/mol. The molecule has 1 aromatic rings. The zero-order valence-electron chi connectivity index (χ0n) is 11.0. The van der Waals surface area contributed by atoms with E-state index in [4.69, 9.17) is 4.74 Å². The van der Waals surface area contributed by atoms with Crippen LogP contribution >= 0.6 is 11.8 Å². The van der Waals surface area contributed by atoms with Crippen LogP contribution in [0.5, 0.6) is 0 Å². The number of hydrogen-bond donors (Lipinski definition) is 2. The minimum atomic E-state index is -0.0827. The molecule has 0 aliphatic heterocycles. The Morgan fingerprint density at radius 1 is 1.56 bits per heavy atom. The fraction of sp³-hybridized carbons (Fsp3) is 0.667. The number of ether oxygens (including phenoxy) is 1. The number of nitrogens with zero attached hydrogens (tertiary/aromatic N) is 1. The van der Waals surface area contributed by atoms with Crippen LogP contribution in [0.2, 0.25) is 0 Å². The molecule has 0 aliphatic rings. The number of nitrogens with one attached hydrogen (secondary N) is 2. The second kappa shape index (κ2) is 9.13. The van der Waals surface area contributed by atoms with Crippen molar-refractivity contribution in [3.05, 3.63) is 27.9 Å². The van der Waals surface area contributed by atoms with Crippen LogP contribution in [0, 0.1) is 0 Å². The number of rotatable bonds is 9. The van der Waals surface area contributed by atoms with E-state index in [1.165, 1.54) is 6.07 Å². The second-order valence-electron chi connectivity index (χ2n) is 3.91. The highest BCUT2D eigenvalue weighted by Gasteiger charge is 2.01. The molecule has 1 aromatic heterocycles. The van der Waals surface area contributed by atoms with Gasteiger partial charge in [0, 0.05) is 26.3 Å². The highest BCUT2D eigenvalue weighted by atomic mass is 32.2. The van der Waals surface area contributed by atoms with E-state index in [-0.39, 0.29) is 5.56 Å². The van der Waals surface area contributed by atoms with Crippen molar-refractivity contribution in [2.24, 2.45) is 0 Å². The lowest BCUT2D eigenvalue weighted by atomic mass is 10.4. The number of hydrogen-bond acceptors (Lipinski definition) is 5. The maximum atomic E-state index is 11.5. The molecule has 0 aliphatic carbocycles. The van der Waals surface area contributed by atoms with E-state index in [0.717, 1.165) is 36.0 Å². The zero-order valence-corrected chi connectivity index (χ0v) is 11.8. The fourth-order valence-corrected chi connectivity index (χ4v) is 2.19. The van der Waals surface area contributed by atoms with Crippen molar-refractivity contribution in [1.29, 1.82) is 0 Å². The molecule has 0 saturated carbocycles. The third-order valence-corrected chi connectivity index (χ3v) is 3.39. The SMILES string of the molecule is CCCSCc1nc(CNCCOC)cc(=O)[nH]1. The number of aromatic amines is 1. The Morgan fingerprint density at radius 3 is 3.11 bits per heavy atom. The Hall–Kier alpha value is -0.850. The van der Waals surface area contributed by atoms with Crippen LogP contribution in [-0.4, -0.2) is 36.0 Å². The molecule has 0 bridgehead atoms. The van der Waals surface area contributed by atoms with Crippen LogP contribution < -0.4 is 10.9 Å². The van der Waals surface area contributed by atoms with E-state index in [9.17, 15) is 4.79 Å². The molecule has 0 atom stereocenters. The molecule has 0 radical (unpaired) electrons. The van der Waals surface area contributed by atoms with E-state index in [0.29, 0.717) is 13.2 Å².